The molecule has 1 aliphatic heterocycles. The van der Waals surface area contributed by atoms with Crippen molar-refractivity contribution < 1.29 is 9.18 Å². The van der Waals surface area contributed by atoms with Crippen LogP contribution in [0.4, 0.5) is 4.39 Å². The number of likely N-dealkylation sites (tertiary alicyclic amines) is 1. The number of rotatable bonds is 9. The number of hydrogen-bond acceptors (Lipinski definition) is 3. The molecular formula is C22H34FN5O. The lowest BCUT2D eigenvalue weighted by Crippen LogP contribution is -2.43. The topological polar surface area (TPSA) is 82.8 Å². The molecule has 1 aromatic rings. The zero-order valence-electron chi connectivity index (χ0n) is 17.4. The molecule has 160 valence electrons. The van der Waals surface area contributed by atoms with Crippen LogP contribution in [-0.2, 0) is 10.2 Å². The van der Waals surface area contributed by atoms with Gasteiger partial charge in [-0.3, -0.25) is 9.79 Å². The van der Waals surface area contributed by atoms with E-state index in [1.807, 2.05) is 13.0 Å². The number of amides is 1. The quantitative estimate of drug-likeness (QED) is 0.335. The number of carbonyl (C=O) groups excluding carboxylic acids is 1. The number of halogens is 1. The molecule has 1 saturated carbocycles. The number of nitrogens with one attached hydrogen (secondary N) is 2. The Morgan fingerprint density at radius 3 is 2.90 bits per heavy atom. The van der Waals surface area contributed by atoms with Crippen molar-refractivity contribution >= 4 is 11.9 Å². The van der Waals surface area contributed by atoms with Gasteiger partial charge in [0.15, 0.2) is 5.96 Å². The maximum Gasteiger partial charge on any atom is 0.221 e. The van der Waals surface area contributed by atoms with Gasteiger partial charge in [-0.05, 0) is 69.8 Å². The predicted molar refractivity (Wildman–Crippen MR) is 114 cm³/mol. The Kier molecular flexibility index (Phi) is 7.47. The van der Waals surface area contributed by atoms with Crippen LogP contribution in [0.1, 0.15) is 44.6 Å². The molecule has 3 rings (SSSR count). The maximum absolute atomic E-state index is 13.6. The van der Waals surface area contributed by atoms with Gasteiger partial charge in [0.05, 0.1) is 12.5 Å². The molecule has 1 aromatic carbocycles. The second-order valence-corrected chi connectivity index (χ2v) is 8.31. The van der Waals surface area contributed by atoms with Gasteiger partial charge in [-0.1, -0.05) is 12.1 Å². The summed E-state index contributed by atoms with van der Waals surface area (Å²) in [7, 11) is 0. The van der Waals surface area contributed by atoms with Crippen LogP contribution in [0.2, 0.25) is 0 Å². The normalized spacial score (nSPS) is 21.6. The third-order valence-electron chi connectivity index (χ3n) is 6.03. The van der Waals surface area contributed by atoms with E-state index >= 15 is 0 Å². The van der Waals surface area contributed by atoms with Crippen molar-refractivity contribution in [3.05, 3.63) is 35.6 Å². The van der Waals surface area contributed by atoms with Gasteiger partial charge >= 0.3 is 0 Å². The molecule has 7 heteroatoms. The van der Waals surface area contributed by atoms with Crippen LogP contribution in [0.15, 0.2) is 29.3 Å². The summed E-state index contributed by atoms with van der Waals surface area (Å²) < 4.78 is 13.6. The molecular weight excluding hydrogens is 369 g/mol. The van der Waals surface area contributed by atoms with Gasteiger partial charge in [0.2, 0.25) is 5.91 Å². The molecule has 1 heterocycles. The van der Waals surface area contributed by atoms with Crippen LogP contribution in [0.25, 0.3) is 0 Å². The molecule has 0 bridgehead atoms. The highest BCUT2D eigenvalue weighted by atomic mass is 19.1. The zero-order chi connectivity index (χ0) is 20.7. The molecule has 0 radical (unpaired) electrons. The van der Waals surface area contributed by atoms with Crippen molar-refractivity contribution in [2.75, 3.05) is 39.3 Å². The Morgan fingerprint density at radius 1 is 1.38 bits per heavy atom. The van der Waals surface area contributed by atoms with Crippen molar-refractivity contribution in [3.8, 4) is 0 Å². The van der Waals surface area contributed by atoms with Gasteiger partial charge in [-0.15, -0.1) is 0 Å². The van der Waals surface area contributed by atoms with Gasteiger partial charge in [-0.25, -0.2) is 4.39 Å². The molecule has 29 heavy (non-hydrogen) atoms. The SMILES string of the molecule is CCNC(=NCC1(c2cccc(F)c2)CC1)NCCCN1CCCC(C(N)=O)C1. The Morgan fingerprint density at radius 2 is 2.21 bits per heavy atom. The first-order chi connectivity index (χ1) is 14.0. The predicted octanol–water partition coefficient (Wildman–Crippen LogP) is 2.00. The molecule has 4 N–H and O–H groups in total. The summed E-state index contributed by atoms with van der Waals surface area (Å²) in [5, 5.41) is 6.70. The van der Waals surface area contributed by atoms with E-state index in [-0.39, 0.29) is 23.1 Å². The number of benzene rings is 1. The lowest BCUT2D eigenvalue weighted by Gasteiger charge is -2.31. The van der Waals surface area contributed by atoms with Crippen molar-refractivity contribution in [3.63, 3.8) is 0 Å². The number of piperidine rings is 1. The fraction of sp³-hybridized carbons (Fsp3) is 0.636. The van der Waals surface area contributed by atoms with Crippen molar-refractivity contribution in [2.24, 2.45) is 16.6 Å². The highest BCUT2D eigenvalue weighted by molar-refractivity contribution is 5.79. The Balaban J connectivity index is 1.46. The lowest BCUT2D eigenvalue weighted by molar-refractivity contribution is -0.123. The Labute approximate surface area is 173 Å². The van der Waals surface area contributed by atoms with E-state index in [1.165, 1.54) is 6.07 Å². The molecule has 1 saturated heterocycles. The number of hydrogen-bond donors (Lipinski definition) is 3. The molecule has 0 spiro atoms. The second-order valence-electron chi connectivity index (χ2n) is 8.31. The molecule has 0 aromatic heterocycles. The fourth-order valence-corrected chi connectivity index (χ4v) is 4.08. The average molecular weight is 404 g/mol. The summed E-state index contributed by atoms with van der Waals surface area (Å²) >= 11 is 0. The minimum absolute atomic E-state index is 0.00635. The summed E-state index contributed by atoms with van der Waals surface area (Å²) in [5.74, 6) is 0.442. The summed E-state index contributed by atoms with van der Waals surface area (Å²) in [6, 6.07) is 6.91. The third-order valence-corrected chi connectivity index (χ3v) is 6.03. The Bertz CT molecular complexity index is 719. The van der Waals surface area contributed by atoms with Gasteiger partial charge in [0.25, 0.3) is 0 Å². The van der Waals surface area contributed by atoms with E-state index in [1.54, 1.807) is 12.1 Å². The summed E-state index contributed by atoms with van der Waals surface area (Å²) in [5.41, 5.74) is 6.49. The molecule has 1 unspecified atom stereocenters. The number of primary amides is 1. The number of guanidine groups is 1. The van der Waals surface area contributed by atoms with Gasteiger partial charge in [0.1, 0.15) is 5.82 Å². The molecule has 2 aliphatic rings. The van der Waals surface area contributed by atoms with E-state index in [9.17, 15) is 9.18 Å². The Hall–Kier alpha value is -2.15. The van der Waals surface area contributed by atoms with E-state index in [0.29, 0.717) is 6.54 Å². The van der Waals surface area contributed by atoms with Crippen LogP contribution in [-0.4, -0.2) is 56.0 Å². The number of nitrogens with zero attached hydrogens (tertiary/aromatic N) is 2. The second kappa shape index (κ2) is 10.1. The number of nitrogens with two attached hydrogens (primary N) is 1. The van der Waals surface area contributed by atoms with Gasteiger partial charge in [0, 0.05) is 25.0 Å². The van der Waals surface area contributed by atoms with Crippen LogP contribution < -0.4 is 16.4 Å². The monoisotopic (exact) mass is 403 g/mol. The van der Waals surface area contributed by atoms with Crippen molar-refractivity contribution in [1.82, 2.24) is 15.5 Å². The van der Waals surface area contributed by atoms with Gasteiger partial charge < -0.3 is 21.3 Å². The molecule has 1 aliphatic carbocycles. The minimum atomic E-state index is -0.181. The summed E-state index contributed by atoms with van der Waals surface area (Å²) in [4.78, 5) is 18.5. The average Bonchev–Trinajstić information content (AvgIpc) is 3.51. The van der Waals surface area contributed by atoms with Gasteiger partial charge in [-0.2, -0.15) is 0 Å². The van der Waals surface area contributed by atoms with E-state index in [2.05, 4.69) is 15.5 Å². The third kappa shape index (κ3) is 6.16. The first-order valence-electron chi connectivity index (χ1n) is 10.8. The summed E-state index contributed by atoms with van der Waals surface area (Å²) in [6.45, 7) is 7.09. The molecule has 6 nitrogen and oxygen atoms in total. The number of aliphatic imine (C=N–C) groups is 1. The van der Waals surface area contributed by atoms with Crippen LogP contribution >= 0.6 is 0 Å². The largest absolute Gasteiger partial charge is 0.369 e. The first-order valence-corrected chi connectivity index (χ1v) is 10.8. The number of carbonyl (C=O) groups is 1. The summed E-state index contributed by atoms with van der Waals surface area (Å²) in [6.07, 6.45) is 5.03. The first kappa shape index (κ1) is 21.6. The van der Waals surface area contributed by atoms with Crippen molar-refractivity contribution in [1.29, 1.82) is 0 Å². The minimum Gasteiger partial charge on any atom is -0.369 e. The smallest absolute Gasteiger partial charge is 0.221 e. The highest BCUT2D eigenvalue weighted by Gasteiger charge is 2.44. The molecule has 1 atom stereocenters. The lowest BCUT2D eigenvalue weighted by atomic mass is 9.96. The fourth-order valence-electron chi connectivity index (χ4n) is 4.08. The zero-order valence-corrected chi connectivity index (χ0v) is 17.4. The van der Waals surface area contributed by atoms with E-state index < -0.39 is 0 Å². The van der Waals surface area contributed by atoms with Crippen LogP contribution in [0.5, 0.6) is 0 Å². The van der Waals surface area contributed by atoms with Crippen LogP contribution in [0.3, 0.4) is 0 Å². The van der Waals surface area contributed by atoms with Crippen LogP contribution in [0, 0.1) is 11.7 Å². The molecule has 1 amide bonds. The maximum atomic E-state index is 13.6. The van der Waals surface area contributed by atoms with Crippen molar-refractivity contribution in [2.45, 2.75) is 44.4 Å². The standard InChI is InChI=1S/C22H34FN5O/c1-2-25-21(26-11-5-13-28-12-4-6-17(15-28)20(24)29)27-16-22(9-10-22)18-7-3-8-19(23)14-18/h3,7-8,14,17H,2,4-6,9-13,15-16H2,1H3,(H2,24,29)(H2,25,26,27). The highest BCUT2D eigenvalue weighted by Crippen LogP contribution is 2.48. The van der Waals surface area contributed by atoms with E-state index in [4.69, 9.17) is 10.7 Å². The molecule has 2 fully saturated rings. The van der Waals surface area contributed by atoms with E-state index in [0.717, 1.165) is 76.4 Å².